The van der Waals surface area contributed by atoms with Gasteiger partial charge in [-0.05, 0) is 0 Å². The summed E-state index contributed by atoms with van der Waals surface area (Å²) < 4.78 is 0. The van der Waals surface area contributed by atoms with E-state index >= 15 is 0 Å². The van der Waals surface area contributed by atoms with E-state index in [1.54, 1.807) is 0 Å². The SMILES string of the molecule is ClP(CSc1ccccc1)(c1ccccc1)(c1ccccc1)c1ccccc1. The summed E-state index contributed by atoms with van der Waals surface area (Å²) in [6.45, 7) is 0. The third-order valence-electron chi connectivity index (χ3n) is 5.10. The van der Waals surface area contributed by atoms with Crippen LogP contribution in [0.15, 0.2) is 126 Å². The van der Waals surface area contributed by atoms with Gasteiger partial charge in [-0.15, -0.1) is 0 Å². The number of hydrogen-bond donors (Lipinski definition) is 0. The van der Waals surface area contributed by atoms with E-state index in [0.717, 1.165) is 5.49 Å². The van der Waals surface area contributed by atoms with Gasteiger partial charge in [-0.2, -0.15) is 0 Å². The van der Waals surface area contributed by atoms with Crippen molar-refractivity contribution >= 4 is 44.9 Å². The van der Waals surface area contributed by atoms with E-state index in [1.807, 2.05) is 11.8 Å². The second-order valence-electron chi connectivity index (χ2n) is 6.78. The van der Waals surface area contributed by atoms with E-state index in [-0.39, 0.29) is 0 Å². The maximum absolute atomic E-state index is 8.03. The van der Waals surface area contributed by atoms with E-state index < -0.39 is 5.96 Å². The first-order valence-electron chi connectivity index (χ1n) is 9.29. The van der Waals surface area contributed by atoms with Crippen LogP contribution in [0.25, 0.3) is 0 Å². The average molecular weight is 421 g/mol. The molecule has 4 aromatic carbocycles. The molecule has 0 N–H and O–H groups in total. The summed E-state index contributed by atoms with van der Waals surface area (Å²) in [6.07, 6.45) is 0. The summed E-state index contributed by atoms with van der Waals surface area (Å²) in [7, 11) is 0. The molecule has 0 atom stereocenters. The molecule has 0 aliphatic heterocycles. The molecule has 0 radical (unpaired) electrons. The Morgan fingerprint density at radius 1 is 0.500 bits per heavy atom. The molecule has 140 valence electrons. The third-order valence-corrected chi connectivity index (χ3v) is 14.9. The van der Waals surface area contributed by atoms with Crippen molar-refractivity contribution in [2.75, 3.05) is 5.49 Å². The molecule has 0 nitrogen and oxygen atoms in total. The van der Waals surface area contributed by atoms with E-state index in [4.69, 9.17) is 11.2 Å². The minimum absolute atomic E-state index is 0.801. The second kappa shape index (κ2) is 8.13. The predicted octanol–water partition coefficient (Wildman–Crippen LogP) is 6.42. The van der Waals surface area contributed by atoms with Crippen LogP contribution in [0.5, 0.6) is 0 Å². The van der Waals surface area contributed by atoms with Crippen LogP contribution in [0.3, 0.4) is 0 Å². The molecule has 4 aromatic rings. The fourth-order valence-corrected chi connectivity index (χ4v) is 12.0. The van der Waals surface area contributed by atoms with Crippen LogP contribution in [0.4, 0.5) is 0 Å². The zero-order chi connectivity index (χ0) is 19.3. The number of benzene rings is 4. The van der Waals surface area contributed by atoms with Crippen LogP contribution in [0, 0.1) is 0 Å². The summed E-state index contributed by atoms with van der Waals surface area (Å²) in [6, 6.07) is 42.4. The summed E-state index contributed by atoms with van der Waals surface area (Å²) >= 11 is 9.87. The first-order valence-corrected chi connectivity index (χ1v) is 13.6. The molecule has 0 aliphatic carbocycles. The van der Waals surface area contributed by atoms with Crippen LogP contribution in [-0.4, -0.2) is 5.49 Å². The summed E-state index contributed by atoms with van der Waals surface area (Å²) in [5.41, 5.74) is 0.801. The average Bonchev–Trinajstić information content (AvgIpc) is 2.80. The van der Waals surface area contributed by atoms with Gasteiger partial charge in [0.15, 0.2) is 0 Å². The number of thioether (sulfide) groups is 1. The Labute approximate surface area is 176 Å². The molecular weight excluding hydrogens is 399 g/mol. The van der Waals surface area contributed by atoms with Crippen LogP contribution in [0.2, 0.25) is 0 Å². The Bertz CT molecular complexity index is 922. The Balaban J connectivity index is 1.98. The maximum atomic E-state index is 8.03. The number of hydrogen-bond acceptors (Lipinski definition) is 1. The van der Waals surface area contributed by atoms with Gasteiger partial charge in [-0.25, -0.2) is 0 Å². The predicted molar refractivity (Wildman–Crippen MR) is 128 cm³/mol. The topological polar surface area (TPSA) is 0 Å². The van der Waals surface area contributed by atoms with Gasteiger partial charge in [0.2, 0.25) is 0 Å². The fourth-order valence-electron chi connectivity index (χ4n) is 3.60. The molecular formula is C25H22ClPS. The van der Waals surface area contributed by atoms with Gasteiger partial charge in [0, 0.05) is 0 Å². The number of halogens is 1. The van der Waals surface area contributed by atoms with Crippen molar-refractivity contribution in [1.82, 2.24) is 0 Å². The Morgan fingerprint density at radius 3 is 1.18 bits per heavy atom. The van der Waals surface area contributed by atoms with E-state index in [1.165, 1.54) is 20.8 Å². The van der Waals surface area contributed by atoms with Crippen molar-refractivity contribution in [1.29, 1.82) is 0 Å². The van der Waals surface area contributed by atoms with Crippen LogP contribution < -0.4 is 15.9 Å². The Morgan fingerprint density at radius 2 is 0.821 bits per heavy atom. The normalized spacial score (nSPS) is 12.8. The van der Waals surface area contributed by atoms with Crippen molar-refractivity contribution in [3.05, 3.63) is 121 Å². The minimum atomic E-state index is -3.18. The zero-order valence-electron chi connectivity index (χ0n) is 15.5. The van der Waals surface area contributed by atoms with Crippen molar-refractivity contribution in [2.24, 2.45) is 0 Å². The van der Waals surface area contributed by atoms with Crippen LogP contribution in [0.1, 0.15) is 0 Å². The van der Waals surface area contributed by atoms with Crippen molar-refractivity contribution in [3.63, 3.8) is 0 Å². The monoisotopic (exact) mass is 420 g/mol. The molecule has 0 aliphatic rings. The molecule has 0 aromatic heterocycles. The quantitative estimate of drug-likeness (QED) is 0.256. The van der Waals surface area contributed by atoms with E-state index in [9.17, 15) is 0 Å². The molecule has 0 saturated heterocycles. The van der Waals surface area contributed by atoms with Crippen molar-refractivity contribution in [3.8, 4) is 0 Å². The molecule has 0 spiro atoms. The number of rotatable bonds is 6. The van der Waals surface area contributed by atoms with Crippen molar-refractivity contribution in [2.45, 2.75) is 4.90 Å². The van der Waals surface area contributed by atoms with Crippen LogP contribution >= 0.6 is 29.0 Å². The Hall–Kier alpha value is -2.05. The van der Waals surface area contributed by atoms with Gasteiger partial charge in [-0.3, -0.25) is 0 Å². The van der Waals surface area contributed by atoms with Gasteiger partial charge >= 0.3 is 177 Å². The first-order chi connectivity index (χ1) is 13.7. The summed E-state index contributed by atoms with van der Waals surface area (Å²) in [4.78, 5) is 1.24. The molecule has 28 heavy (non-hydrogen) atoms. The molecule has 0 unspecified atom stereocenters. The Kier molecular flexibility index (Phi) is 5.60. The van der Waals surface area contributed by atoms with E-state index in [2.05, 4.69) is 121 Å². The van der Waals surface area contributed by atoms with Gasteiger partial charge in [-0.1, -0.05) is 0 Å². The first kappa shape index (κ1) is 19.3. The fraction of sp³-hybridized carbons (Fsp3) is 0.0400. The summed E-state index contributed by atoms with van der Waals surface area (Å²) in [5.74, 6) is -3.18. The van der Waals surface area contributed by atoms with E-state index in [0.29, 0.717) is 0 Å². The second-order valence-corrected chi connectivity index (χ2v) is 14.7. The van der Waals surface area contributed by atoms with Gasteiger partial charge in [0.25, 0.3) is 0 Å². The van der Waals surface area contributed by atoms with Gasteiger partial charge in [0.1, 0.15) is 0 Å². The molecule has 3 heteroatoms. The van der Waals surface area contributed by atoms with Crippen LogP contribution in [-0.2, 0) is 0 Å². The standard InChI is InChI=1S/C25H22ClPS/c26-27(22-13-5-1-6-14-22,23-15-7-2-8-16-23,24-17-9-3-10-18-24)21-28-25-19-11-4-12-20-25/h1-20H,21H2. The van der Waals surface area contributed by atoms with Crippen molar-refractivity contribution < 1.29 is 0 Å². The van der Waals surface area contributed by atoms with Gasteiger partial charge < -0.3 is 0 Å². The van der Waals surface area contributed by atoms with Gasteiger partial charge in [0.05, 0.1) is 0 Å². The molecule has 0 bridgehead atoms. The summed E-state index contributed by atoms with van der Waals surface area (Å²) in [5, 5.41) is 3.61. The molecule has 0 saturated carbocycles. The molecule has 0 fully saturated rings. The molecule has 0 heterocycles. The third kappa shape index (κ3) is 3.40. The molecule has 4 rings (SSSR count). The zero-order valence-corrected chi connectivity index (χ0v) is 18.0. The molecule has 0 amide bonds.